The number of alkyl halides is 3. The van der Waals surface area contributed by atoms with Crippen LogP contribution in [0.1, 0.15) is 37.9 Å². The molecule has 0 bridgehead atoms. The van der Waals surface area contributed by atoms with Crippen LogP contribution in [0.4, 0.5) is 13.2 Å². The van der Waals surface area contributed by atoms with Gasteiger partial charge in [0.2, 0.25) is 0 Å². The van der Waals surface area contributed by atoms with Crippen LogP contribution in [0.15, 0.2) is 35.7 Å². The number of carbonyl (C=O) groups excluding carboxylic acids is 2. The summed E-state index contributed by atoms with van der Waals surface area (Å²) in [7, 11) is 1.41. The van der Waals surface area contributed by atoms with Crippen molar-refractivity contribution in [2.24, 2.45) is 0 Å². The van der Waals surface area contributed by atoms with Gasteiger partial charge in [0.05, 0.1) is 13.2 Å². The van der Waals surface area contributed by atoms with Crippen LogP contribution in [0.25, 0.3) is 6.08 Å². The van der Waals surface area contributed by atoms with Crippen molar-refractivity contribution in [2.45, 2.75) is 38.4 Å². The third-order valence-electron chi connectivity index (χ3n) is 5.46. The summed E-state index contributed by atoms with van der Waals surface area (Å²) in [6.07, 6.45) is 0.502. The van der Waals surface area contributed by atoms with E-state index in [1.54, 1.807) is 13.8 Å². The van der Waals surface area contributed by atoms with Crippen molar-refractivity contribution in [3.63, 3.8) is 0 Å². The number of aromatic nitrogens is 1. The Morgan fingerprint density at radius 1 is 1.33 bits per heavy atom. The standard InChI is InChI=1S/C21H24F3N3O3/c1-4-27-18(28)16(11-15-8-5-9-25-17(15)21(22,23)24)26(3)19(29)20(27,2)12-14-7-6-10-30-13-14/h5,7-9,11H,4,6,10,12-13H2,1-3H3/b16-11-. The maximum Gasteiger partial charge on any atom is 0.433 e. The second-order valence-corrected chi connectivity index (χ2v) is 7.54. The quantitative estimate of drug-likeness (QED) is 0.551. The Kier molecular flexibility index (Phi) is 6.03. The van der Waals surface area contributed by atoms with Gasteiger partial charge in [-0.1, -0.05) is 12.1 Å². The molecule has 2 aliphatic heterocycles. The maximum absolute atomic E-state index is 13.3. The zero-order chi connectivity index (χ0) is 22.1. The minimum Gasteiger partial charge on any atom is -0.377 e. The molecule has 0 N–H and O–H groups in total. The molecule has 0 saturated carbocycles. The van der Waals surface area contributed by atoms with Crippen LogP contribution in [0, 0.1) is 0 Å². The van der Waals surface area contributed by atoms with Crippen LogP contribution < -0.4 is 0 Å². The van der Waals surface area contributed by atoms with Crippen molar-refractivity contribution < 1.29 is 27.5 Å². The highest BCUT2D eigenvalue weighted by Gasteiger charge is 2.50. The van der Waals surface area contributed by atoms with Gasteiger partial charge < -0.3 is 14.5 Å². The van der Waals surface area contributed by atoms with Gasteiger partial charge in [0.15, 0.2) is 5.69 Å². The van der Waals surface area contributed by atoms with E-state index in [4.69, 9.17) is 4.74 Å². The van der Waals surface area contributed by atoms with E-state index in [-0.39, 0.29) is 23.7 Å². The largest absolute Gasteiger partial charge is 0.433 e. The Bertz CT molecular complexity index is 910. The van der Waals surface area contributed by atoms with Crippen molar-refractivity contribution >= 4 is 17.9 Å². The highest BCUT2D eigenvalue weighted by Crippen LogP contribution is 2.36. The number of ether oxygens (including phenoxy) is 1. The summed E-state index contributed by atoms with van der Waals surface area (Å²) < 4.78 is 45.4. The smallest absolute Gasteiger partial charge is 0.377 e. The molecule has 2 amide bonds. The number of hydrogen-bond acceptors (Lipinski definition) is 4. The lowest BCUT2D eigenvalue weighted by molar-refractivity contribution is -0.157. The van der Waals surface area contributed by atoms with Gasteiger partial charge in [-0.2, -0.15) is 13.2 Å². The number of rotatable bonds is 4. The summed E-state index contributed by atoms with van der Waals surface area (Å²) >= 11 is 0. The number of amides is 2. The van der Waals surface area contributed by atoms with Crippen LogP contribution >= 0.6 is 0 Å². The van der Waals surface area contributed by atoms with Crippen molar-refractivity contribution in [1.29, 1.82) is 0 Å². The Morgan fingerprint density at radius 3 is 2.67 bits per heavy atom. The second-order valence-electron chi connectivity index (χ2n) is 7.54. The van der Waals surface area contributed by atoms with E-state index in [0.717, 1.165) is 29.2 Å². The number of likely N-dealkylation sites (N-methyl/N-ethyl adjacent to an activating group) is 2. The van der Waals surface area contributed by atoms with Gasteiger partial charge in [-0.25, -0.2) is 0 Å². The van der Waals surface area contributed by atoms with Crippen molar-refractivity contribution in [3.05, 3.63) is 46.9 Å². The molecule has 2 aliphatic rings. The van der Waals surface area contributed by atoms with Crippen molar-refractivity contribution in [2.75, 3.05) is 26.8 Å². The van der Waals surface area contributed by atoms with Crippen LogP contribution in [0.2, 0.25) is 0 Å². The molecule has 1 aromatic heterocycles. The summed E-state index contributed by atoms with van der Waals surface area (Å²) in [5.41, 5.74) is -1.71. The number of carbonyl (C=O) groups is 2. The Morgan fingerprint density at radius 2 is 2.07 bits per heavy atom. The summed E-state index contributed by atoms with van der Waals surface area (Å²) in [6, 6.07) is 2.58. The number of piperazine rings is 1. The Balaban J connectivity index is 2.02. The first-order valence-corrected chi connectivity index (χ1v) is 9.69. The SMILES string of the molecule is CCN1C(=O)/C(=C/c2cccnc2C(F)(F)F)N(C)C(=O)C1(C)CC1=CCCOC1. The van der Waals surface area contributed by atoms with Crippen LogP contribution in [-0.2, 0) is 20.5 Å². The number of halogens is 3. The minimum atomic E-state index is -4.68. The lowest BCUT2D eigenvalue weighted by Crippen LogP contribution is -2.65. The number of nitrogens with zero attached hydrogens (tertiary/aromatic N) is 3. The fourth-order valence-corrected chi connectivity index (χ4v) is 4.01. The normalized spacial score (nSPS) is 24.5. The average Bonchev–Trinajstić information content (AvgIpc) is 2.70. The molecule has 1 aromatic rings. The first-order valence-electron chi connectivity index (χ1n) is 9.69. The fourth-order valence-electron chi connectivity index (χ4n) is 4.01. The molecule has 0 aliphatic carbocycles. The zero-order valence-corrected chi connectivity index (χ0v) is 17.1. The molecule has 9 heteroatoms. The molecule has 30 heavy (non-hydrogen) atoms. The third-order valence-corrected chi connectivity index (χ3v) is 5.46. The van der Waals surface area contributed by atoms with E-state index < -0.39 is 23.3 Å². The highest BCUT2D eigenvalue weighted by atomic mass is 19.4. The molecule has 1 unspecified atom stereocenters. The molecular formula is C21H24F3N3O3. The minimum absolute atomic E-state index is 0.119. The third kappa shape index (κ3) is 3.98. The van der Waals surface area contributed by atoms with Crippen molar-refractivity contribution in [1.82, 2.24) is 14.8 Å². The van der Waals surface area contributed by atoms with E-state index in [2.05, 4.69) is 4.98 Å². The van der Waals surface area contributed by atoms with Gasteiger partial charge >= 0.3 is 6.18 Å². The first-order chi connectivity index (χ1) is 14.1. The Hall–Kier alpha value is -2.68. The maximum atomic E-state index is 13.3. The zero-order valence-electron chi connectivity index (χ0n) is 17.1. The molecule has 0 aromatic carbocycles. The summed E-state index contributed by atoms with van der Waals surface area (Å²) in [6.45, 7) is 4.67. The molecule has 0 radical (unpaired) electrons. The monoisotopic (exact) mass is 423 g/mol. The van der Waals surface area contributed by atoms with E-state index >= 15 is 0 Å². The second kappa shape index (κ2) is 8.22. The van der Waals surface area contributed by atoms with Crippen LogP contribution in [0.3, 0.4) is 0 Å². The predicted octanol–water partition coefficient (Wildman–Crippen LogP) is 3.26. The number of pyridine rings is 1. The van der Waals surface area contributed by atoms with E-state index in [0.29, 0.717) is 19.6 Å². The fraction of sp³-hybridized carbons (Fsp3) is 0.476. The summed E-state index contributed by atoms with van der Waals surface area (Å²) in [5.74, 6) is -0.865. The molecule has 1 atom stereocenters. The predicted molar refractivity (Wildman–Crippen MR) is 104 cm³/mol. The van der Waals surface area contributed by atoms with Gasteiger partial charge in [-0.15, -0.1) is 0 Å². The average molecular weight is 423 g/mol. The summed E-state index contributed by atoms with van der Waals surface area (Å²) in [4.78, 5) is 32.5. The van der Waals surface area contributed by atoms with Gasteiger partial charge in [0.25, 0.3) is 11.8 Å². The summed E-state index contributed by atoms with van der Waals surface area (Å²) in [5, 5.41) is 0. The van der Waals surface area contributed by atoms with Crippen LogP contribution in [-0.4, -0.2) is 58.9 Å². The van der Waals surface area contributed by atoms with Crippen molar-refractivity contribution in [3.8, 4) is 0 Å². The van der Waals surface area contributed by atoms with E-state index in [1.807, 2.05) is 6.08 Å². The molecular weight excluding hydrogens is 399 g/mol. The molecule has 1 fully saturated rings. The molecule has 3 rings (SSSR count). The van der Waals surface area contributed by atoms with Gasteiger partial charge in [0.1, 0.15) is 11.2 Å². The molecule has 162 valence electrons. The molecule has 1 saturated heterocycles. The molecule has 0 spiro atoms. The molecule has 6 nitrogen and oxygen atoms in total. The molecule has 3 heterocycles. The lowest BCUT2D eigenvalue weighted by Gasteiger charge is -2.47. The van der Waals surface area contributed by atoms with Gasteiger partial charge in [-0.05, 0) is 38.0 Å². The van der Waals surface area contributed by atoms with Gasteiger partial charge in [0, 0.05) is 31.8 Å². The van der Waals surface area contributed by atoms with E-state index in [9.17, 15) is 22.8 Å². The lowest BCUT2D eigenvalue weighted by atomic mass is 9.85. The van der Waals surface area contributed by atoms with Gasteiger partial charge in [-0.3, -0.25) is 14.6 Å². The number of hydrogen-bond donors (Lipinski definition) is 0. The Labute approximate surface area is 173 Å². The first kappa shape index (κ1) is 22.0. The topological polar surface area (TPSA) is 62.7 Å². The highest BCUT2D eigenvalue weighted by molar-refractivity contribution is 6.09. The van der Waals surface area contributed by atoms with E-state index in [1.165, 1.54) is 24.1 Å². The van der Waals surface area contributed by atoms with Crippen LogP contribution in [0.5, 0.6) is 0 Å².